The van der Waals surface area contributed by atoms with Crippen molar-refractivity contribution in [3.05, 3.63) is 30.7 Å². The number of rotatable bonds is 4. The molecule has 0 spiro atoms. The van der Waals surface area contributed by atoms with Crippen LogP contribution >= 0.6 is 0 Å². The number of likely N-dealkylation sites (tertiary alicyclic amines) is 1. The van der Waals surface area contributed by atoms with Gasteiger partial charge < -0.3 is 4.74 Å². The molecule has 1 aliphatic rings. The Morgan fingerprint density at radius 3 is 3.31 bits per heavy atom. The Morgan fingerprint density at radius 2 is 2.56 bits per heavy atom. The zero-order valence-electron chi connectivity index (χ0n) is 9.59. The summed E-state index contributed by atoms with van der Waals surface area (Å²) in [6.45, 7) is 6.81. The molecule has 4 nitrogen and oxygen atoms in total. The molecule has 0 saturated carbocycles. The van der Waals surface area contributed by atoms with Crippen LogP contribution in [0.4, 0.5) is 0 Å². The predicted molar refractivity (Wildman–Crippen MR) is 62.6 cm³/mol. The first-order valence-corrected chi connectivity index (χ1v) is 5.53. The second-order valence-electron chi connectivity index (χ2n) is 3.99. The standard InChI is InChI=1S/C12H17N3O/c1-3-7-15-8-5-10(9-15)12-13-6-4-11(14-12)16-2/h3-4,6,10H,1,5,7-9H2,2H3/t10-/m0/s1. The average molecular weight is 219 g/mol. The Balaban J connectivity index is 2.05. The molecule has 1 saturated heterocycles. The molecule has 0 unspecified atom stereocenters. The Kier molecular flexibility index (Phi) is 3.51. The Morgan fingerprint density at radius 1 is 1.69 bits per heavy atom. The van der Waals surface area contributed by atoms with Crippen molar-refractivity contribution in [3.63, 3.8) is 0 Å². The summed E-state index contributed by atoms with van der Waals surface area (Å²) in [4.78, 5) is 11.1. The number of hydrogen-bond acceptors (Lipinski definition) is 4. The Hall–Kier alpha value is -1.42. The van der Waals surface area contributed by atoms with Crippen molar-refractivity contribution in [3.8, 4) is 5.88 Å². The predicted octanol–water partition coefficient (Wildman–Crippen LogP) is 1.46. The largest absolute Gasteiger partial charge is 0.481 e. The third kappa shape index (κ3) is 2.39. The maximum absolute atomic E-state index is 5.11. The van der Waals surface area contributed by atoms with Gasteiger partial charge in [-0.1, -0.05) is 6.08 Å². The molecule has 0 radical (unpaired) electrons. The lowest BCUT2D eigenvalue weighted by molar-refractivity contribution is 0.368. The molecule has 86 valence electrons. The summed E-state index contributed by atoms with van der Waals surface area (Å²) in [6, 6.07) is 1.78. The van der Waals surface area contributed by atoms with E-state index >= 15 is 0 Å². The highest BCUT2D eigenvalue weighted by Gasteiger charge is 2.25. The molecule has 0 N–H and O–H groups in total. The molecule has 1 aromatic heterocycles. The van der Waals surface area contributed by atoms with E-state index in [1.54, 1.807) is 19.4 Å². The smallest absolute Gasteiger partial charge is 0.216 e. The molecule has 0 amide bonds. The quantitative estimate of drug-likeness (QED) is 0.719. The summed E-state index contributed by atoms with van der Waals surface area (Å²) in [6.07, 6.45) is 4.81. The van der Waals surface area contributed by atoms with Gasteiger partial charge in [0.2, 0.25) is 5.88 Å². The van der Waals surface area contributed by atoms with Crippen molar-refractivity contribution in [1.29, 1.82) is 0 Å². The van der Waals surface area contributed by atoms with E-state index in [-0.39, 0.29) is 0 Å². The number of aromatic nitrogens is 2. The second kappa shape index (κ2) is 5.07. The Bertz CT molecular complexity index is 367. The van der Waals surface area contributed by atoms with E-state index in [2.05, 4.69) is 21.4 Å². The number of nitrogens with zero attached hydrogens (tertiary/aromatic N) is 3. The minimum atomic E-state index is 0.426. The van der Waals surface area contributed by atoms with Gasteiger partial charge in [0, 0.05) is 31.3 Å². The number of ether oxygens (including phenoxy) is 1. The first kappa shape index (κ1) is 11.1. The molecule has 1 aromatic rings. The molecule has 1 fully saturated rings. The average Bonchev–Trinajstić information content (AvgIpc) is 2.78. The summed E-state index contributed by atoms with van der Waals surface area (Å²) in [5.74, 6) is 1.97. The maximum Gasteiger partial charge on any atom is 0.216 e. The van der Waals surface area contributed by atoms with Crippen molar-refractivity contribution < 1.29 is 4.74 Å². The van der Waals surface area contributed by atoms with Crippen LogP contribution in [0.2, 0.25) is 0 Å². The number of hydrogen-bond donors (Lipinski definition) is 0. The van der Waals surface area contributed by atoms with Crippen LogP contribution in [0.3, 0.4) is 0 Å². The fourth-order valence-corrected chi connectivity index (χ4v) is 2.06. The van der Waals surface area contributed by atoms with Crippen molar-refractivity contribution in [2.75, 3.05) is 26.7 Å². The highest BCUT2D eigenvalue weighted by atomic mass is 16.5. The Labute approximate surface area is 96.0 Å². The van der Waals surface area contributed by atoms with Gasteiger partial charge in [-0.25, -0.2) is 4.98 Å². The second-order valence-corrected chi connectivity index (χ2v) is 3.99. The topological polar surface area (TPSA) is 38.2 Å². The zero-order chi connectivity index (χ0) is 11.4. The van der Waals surface area contributed by atoms with Crippen molar-refractivity contribution in [1.82, 2.24) is 14.9 Å². The van der Waals surface area contributed by atoms with Crippen LogP contribution in [0.1, 0.15) is 18.2 Å². The van der Waals surface area contributed by atoms with Crippen molar-refractivity contribution >= 4 is 0 Å². The molecule has 2 rings (SSSR count). The van der Waals surface area contributed by atoms with Gasteiger partial charge in [-0.3, -0.25) is 4.90 Å². The summed E-state index contributed by atoms with van der Waals surface area (Å²) < 4.78 is 5.11. The lowest BCUT2D eigenvalue weighted by atomic mass is 10.1. The number of methoxy groups -OCH3 is 1. The van der Waals surface area contributed by atoms with Gasteiger partial charge in [0.1, 0.15) is 5.82 Å². The summed E-state index contributed by atoms with van der Waals surface area (Å²) in [5, 5.41) is 0. The lowest BCUT2D eigenvalue weighted by Crippen LogP contribution is -2.20. The van der Waals surface area contributed by atoms with E-state index < -0.39 is 0 Å². The van der Waals surface area contributed by atoms with Crippen LogP contribution in [0.5, 0.6) is 5.88 Å². The van der Waals surface area contributed by atoms with Crippen LogP contribution in [-0.4, -0.2) is 41.6 Å². The lowest BCUT2D eigenvalue weighted by Gasteiger charge is -2.12. The SMILES string of the molecule is C=CCN1CC[C@H](c2nccc(OC)n2)C1. The van der Waals surface area contributed by atoms with E-state index in [0.29, 0.717) is 11.8 Å². The fraction of sp³-hybridized carbons (Fsp3) is 0.500. The van der Waals surface area contributed by atoms with E-state index in [1.165, 1.54) is 0 Å². The van der Waals surface area contributed by atoms with Gasteiger partial charge in [-0.15, -0.1) is 6.58 Å². The van der Waals surface area contributed by atoms with Crippen LogP contribution in [0, 0.1) is 0 Å². The molecule has 1 atom stereocenters. The molecule has 0 aromatic carbocycles. The first-order valence-electron chi connectivity index (χ1n) is 5.53. The maximum atomic E-state index is 5.11. The summed E-state index contributed by atoms with van der Waals surface area (Å²) in [7, 11) is 1.63. The third-order valence-electron chi connectivity index (χ3n) is 2.88. The molecule has 0 bridgehead atoms. The summed E-state index contributed by atoms with van der Waals surface area (Å²) in [5.41, 5.74) is 0. The highest BCUT2D eigenvalue weighted by Crippen LogP contribution is 2.25. The van der Waals surface area contributed by atoms with E-state index in [9.17, 15) is 0 Å². The molecular weight excluding hydrogens is 202 g/mol. The van der Waals surface area contributed by atoms with Gasteiger partial charge in [0.05, 0.1) is 7.11 Å². The van der Waals surface area contributed by atoms with E-state index in [0.717, 1.165) is 31.9 Å². The third-order valence-corrected chi connectivity index (χ3v) is 2.88. The molecular formula is C12H17N3O. The van der Waals surface area contributed by atoms with Gasteiger partial charge in [0.25, 0.3) is 0 Å². The first-order chi connectivity index (χ1) is 7.83. The molecule has 16 heavy (non-hydrogen) atoms. The normalized spacial score (nSPS) is 20.9. The van der Waals surface area contributed by atoms with Gasteiger partial charge in [-0.05, 0) is 13.0 Å². The monoisotopic (exact) mass is 219 g/mol. The zero-order valence-corrected chi connectivity index (χ0v) is 9.59. The van der Waals surface area contributed by atoms with Gasteiger partial charge in [0.15, 0.2) is 0 Å². The van der Waals surface area contributed by atoms with E-state index in [4.69, 9.17) is 4.74 Å². The van der Waals surface area contributed by atoms with Crippen LogP contribution < -0.4 is 4.74 Å². The van der Waals surface area contributed by atoms with Gasteiger partial charge >= 0.3 is 0 Å². The van der Waals surface area contributed by atoms with Crippen molar-refractivity contribution in [2.45, 2.75) is 12.3 Å². The van der Waals surface area contributed by atoms with Crippen LogP contribution in [-0.2, 0) is 0 Å². The van der Waals surface area contributed by atoms with Crippen LogP contribution in [0.15, 0.2) is 24.9 Å². The molecule has 0 aliphatic carbocycles. The molecule has 4 heteroatoms. The van der Waals surface area contributed by atoms with Crippen molar-refractivity contribution in [2.24, 2.45) is 0 Å². The van der Waals surface area contributed by atoms with Crippen LogP contribution in [0.25, 0.3) is 0 Å². The molecule has 2 heterocycles. The summed E-state index contributed by atoms with van der Waals surface area (Å²) >= 11 is 0. The molecule has 1 aliphatic heterocycles. The van der Waals surface area contributed by atoms with Gasteiger partial charge in [-0.2, -0.15) is 4.98 Å². The van der Waals surface area contributed by atoms with E-state index in [1.807, 2.05) is 6.08 Å². The highest BCUT2D eigenvalue weighted by molar-refractivity contribution is 5.12. The minimum absolute atomic E-state index is 0.426. The minimum Gasteiger partial charge on any atom is -0.481 e. The fourth-order valence-electron chi connectivity index (χ4n) is 2.06.